The van der Waals surface area contributed by atoms with Gasteiger partial charge in [0.15, 0.2) is 0 Å². The zero-order valence-corrected chi connectivity index (χ0v) is 15.3. The van der Waals surface area contributed by atoms with E-state index in [9.17, 15) is 9.59 Å². The molecule has 25 heavy (non-hydrogen) atoms. The third-order valence-corrected chi connectivity index (χ3v) is 5.70. The van der Waals surface area contributed by atoms with Crippen LogP contribution in [0.5, 0.6) is 0 Å². The van der Waals surface area contributed by atoms with E-state index in [1.54, 1.807) is 19.1 Å². The van der Waals surface area contributed by atoms with E-state index in [1.165, 1.54) is 11.1 Å². The van der Waals surface area contributed by atoms with Crippen molar-refractivity contribution in [1.29, 1.82) is 0 Å². The van der Waals surface area contributed by atoms with Crippen molar-refractivity contribution >= 4 is 17.4 Å². The van der Waals surface area contributed by atoms with Gasteiger partial charge in [-0.15, -0.1) is 0 Å². The van der Waals surface area contributed by atoms with Crippen LogP contribution in [0.25, 0.3) is 5.57 Å². The molecular formula is C21H25NO3. The monoisotopic (exact) mass is 339 g/mol. The molecule has 1 aromatic carbocycles. The van der Waals surface area contributed by atoms with E-state index in [0.717, 1.165) is 18.5 Å². The summed E-state index contributed by atoms with van der Waals surface area (Å²) in [6.45, 7) is 9.71. The maximum absolute atomic E-state index is 11.8. The van der Waals surface area contributed by atoms with E-state index in [1.807, 2.05) is 17.0 Å². The first-order valence-electron chi connectivity index (χ1n) is 8.66. The van der Waals surface area contributed by atoms with E-state index >= 15 is 0 Å². The highest BCUT2D eigenvalue weighted by Gasteiger charge is 2.46. The fourth-order valence-electron chi connectivity index (χ4n) is 4.44. The van der Waals surface area contributed by atoms with Gasteiger partial charge in [-0.3, -0.25) is 4.79 Å². The highest BCUT2D eigenvalue weighted by molar-refractivity contribution is 5.88. The number of rotatable bonds is 2. The van der Waals surface area contributed by atoms with Crippen LogP contribution >= 0.6 is 0 Å². The van der Waals surface area contributed by atoms with Crippen LogP contribution in [0.15, 0.2) is 42.0 Å². The zero-order valence-electron chi connectivity index (χ0n) is 15.3. The van der Waals surface area contributed by atoms with Crippen LogP contribution in [-0.2, 0) is 4.79 Å². The quantitative estimate of drug-likeness (QED) is 0.829. The van der Waals surface area contributed by atoms with Gasteiger partial charge in [-0.05, 0) is 29.7 Å². The Labute approximate surface area is 148 Å². The molecular weight excluding hydrogens is 314 g/mol. The van der Waals surface area contributed by atoms with Crippen molar-refractivity contribution in [3.05, 3.63) is 53.1 Å². The van der Waals surface area contributed by atoms with Crippen LogP contribution in [0, 0.1) is 10.8 Å². The molecule has 1 aromatic rings. The summed E-state index contributed by atoms with van der Waals surface area (Å²) in [7, 11) is 0. The Morgan fingerprint density at radius 2 is 1.72 bits per heavy atom. The minimum atomic E-state index is -0.907. The normalized spacial score (nSPS) is 24.9. The van der Waals surface area contributed by atoms with Crippen LogP contribution in [0.4, 0.5) is 0 Å². The van der Waals surface area contributed by atoms with Crippen LogP contribution < -0.4 is 0 Å². The molecule has 0 radical (unpaired) electrons. The fraction of sp³-hybridized carbons (Fsp3) is 0.429. The summed E-state index contributed by atoms with van der Waals surface area (Å²) in [5, 5.41) is 9.09. The third kappa shape index (κ3) is 2.90. The van der Waals surface area contributed by atoms with E-state index in [2.05, 4.69) is 32.9 Å². The lowest BCUT2D eigenvalue weighted by atomic mass is 9.58. The fourth-order valence-corrected chi connectivity index (χ4v) is 4.44. The lowest BCUT2D eigenvalue weighted by molar-refractivity contribution is -0.130. The Morgan fingerprint density at radius 3 is 2.28 bits per heavy atom. The summed E-state index contributed by atoms with van der Waals surface area (Å²) < 4.78 is 0. The van der Waals surface area contributed by atoms with Crippen LogP contribution in [0.3, 0.4) is 0 Å². The maximum Gasteiger partial charge on any atom is 0.335 e. The molecule has 4 heteroatoms. The first kappa shape index (κ1) is 17.5. The maximum atomic E-state index is 11.8. The van der Waals surface area contributed by atoms with Gasteiger partial charge in [0, 0.05) is 30.8 Å². The average molecular weight is 339 g/mol. The number of aromatic carboxylic acids is 1. The van der Waals surface area contributed by atoms with Crippen LogP contribution in [0.1, 0.15) is 50.0 Å². The molecule has 2 aliphatic rings. The minimum absolute atomic E-state index is 0.0437. The molecule has 0 bridgehead atoms. The Balaban J connectivity index is 1.99. The standard InChI is InChI=1S/C21H25NO3/c1-14(23)22-12-10-18-20(2,3)17(9-11-21(18,4)13-22)15-5-7-16(8-6-15)19(24)25/h5-10H,11-13H2,1-4H3,(H,24,25)/t21-/m1/s1. The largest absolute Gasteiger partial charge is 0.478 e. The molecule has 0 saturated carbocycles. The number of nitrogens with zero attached hydrogens (tertiary/aromatic N) is 1. The molecule has 1 aliphatic heterocycles. The number of allylic oxidation sites excluding steroid dienone is 2. The van der Waals surface area contributed by atoms with Crippen LogP contribution in [-0.4, -0.2) is 35.0 Å². The molecule has 1 aliphatic carbocycles. The number of benzene rings is 1. The number of fused-ring (bicyclic) bond motifs is 1. The molecule has 1 amide bonds. The Morgan fingerprint density at radius 1 is 1.08 bits per heavy atom. The highest BCUT2D eigenvalue weighted by atomic mass is 16.4. The molecule has 0 unspecified atom stereocenters. The third-order valence-electron chi connectivity index (χ3n) is 5.70. The number of amides is 1. The van der Waals surface area contributed by atoms with Gasteiger partial charge in [0.25, 0.3) is 0 Å². The van der Waals surface area contributed by atoms with Crippen molar-refractivity contribution in [1.82, 2.24) is 4.90 Å². The van der Waals surface area contributed by atoms with Gasteiger partial charge in [0.1, 0.15) is 0 Å². The first-order chi connectivity index (χ1) is 11.6. The summed E-state index contributed by atoms with van der Waals surface area (Å²) >= 11 is 0. The number of carbonyl (C=O) groups excluding carboxylic acids is 1. The van der Waals surface area contributed by atoms with Crippen LogP contribution in [0.2, 0.25) is 0 Å². The number of hydrogen-bond donors (Lipinski definition) is 1. The highest BCUT2D eigenvalue weighted by Crippen LogP contribution is 2.55. The van der Waals surface area contributed by atoms with E-state index in [0.29, 0.717) is 12.1 Å². The molecule has 4 nitrogen and oxygen atoms in total. The summed E-state index contributed by atoms with van der Waals surface area (Å²) in [6.07, 6.45) is 5.35. The predicted octanol–water partition coefficient (Wildman–Crippen LogP) is 3.99. The molecule has 1 N–H and O–H groups in total. The Hall–Kier alpha value is -2.36. The van der Waals surface area contributed by atoms with Gasteiger partial charge < -0.3 is 10.0 Å². The van der Waals surface area contributed by atoms with Gasteiger partial charge in [-0.25, -0.2) is 4.79 Å². The Bertz CT molecular complexity index is 786. The van der Waals surface area contributed by atoms with Crippen molar-refractivity contribution in [2.24, 2.45) is 10.8 Å². The smallest absolute Gasteiger partial charge is 0.335 e. The SMILES string of the molecule is CC(=O)N1CC=C2C(C)(C)C(c3ccc(C(=O)O)cc3)=CC[C@]2(C)C1. The Kier molecular flexibility index (Phi) is 4.10. The summed E-state index contributed by atoms with van der Waals surface area (Å²) in [5.74, 6) is -0.788. The topological polar surface area (TPSA) is 57.6 Å². The average Bonchev–Trinajstić information content (AvgIpc) is 2.54. The molecule has 0 fully saturated rings. The zero-order chi connectivity index (χ0) is 18.4. The molecule has 1 heterocycles. The van der Waals surface area contributed by atoms with Crippen molar-refractivity contribution in [2.45, 2.75) is 34.1 Å². The second kappa shape index (κ2) is 5.87. The lowest BCUT2D eigenvalue weighted by Crippen LogP contribution is -2.48. The number of carboxylic acid groups (broad SMARTS) is 1. The van der Waals surface area contributed by atoms with Gasteiger partial charge in [0.05, 0.1) is 5.56 Å². The van der Waals surface area contributed by atoms with Gasteiger partial charge in [-0.2, -0.15) is 0 Å². The summed E-state index contributed by atoms with van der Waals surface area (Å²) in [4.78, 5) is 24.8. The van der Waals surface area contributed by atoms with E-state index in [4.69, 9.17) is 5.11 Å². The molecule has 1 atom stereocenters. The van der Waals surface area contributed by atoms with Gasteiger partial charge >= 0.3 is 5.97 Å². The van der Waals surface area contributed by atoms with Crippen molar-refractivity contribution < 1.29 is 14.7 Å². The first-order valence-corrected chi connectivity index (χ1v) is 8.66. The molecule has 3 rings (SSSR count). The summed E-state index contributed by atoms with van der Waals surface area (Å²) in [6, 6.07) is 7.11. The molecule has 0 saturated heterocycles. The second-order valence-electron chi connectivity index (χ2n) is 7.91. The van der Waals surface area contributed by atoms with Crippen molar-refractivity contribution in [3.63, 3.8) is 0 Å². The van der Waals surface area contributed by atoms with Gasteiger partial charge in [-0.1, -0.05) is 50.6 Å². The molecule has 0 spiro atoms. The number of carboxylic acids is 1. The number of carbonyl (C=O) groups is 2. The predicted molar refractivity (Wildman–Crippen MR) is 98.2 cm³/mol. The lowest BCUT2D eigenvalue weighted by Gasteiger charge is -2.50. The van der Waals surface area contributed by atoms with Crippen molar-refractivity contribution in [2.75, 3.05) is 13.1 Å². The molecule has 132 valence electrons. The summed E-state index contributed by atoms with van der Waals surface area (Å²) in [5.41, 5.74) is 3.77. The minimum Gasteiger partial charge on any atom is -0.478 e. The van der Waals surface area contributed by atoms with Crippen molar-refractivity contribution in [3.8, 4) is 0 Å². The van der Waals surface area contributed by atoms with E-state index < -0.39 is 5.97 Å². The van der Waals surface area contributed by atoms with Gasteiger partial charge in [0.2, 0.25) is 5.91 Å². The van der Waals surface area contributed by atoms with E-state index in [-0.39, 0.29) is 16.7 Å². The molecule has 0 aromatic heterocycles. The number of hydrogen-bond acceptors (Lipinski definition) is 2. The second-order valence-corrected chi connectivity index (χ2v) is 7.91.